The Morgan fingerprint density at radius 2 is 2.10 bits per heavy atom. The van der Waals surface area contributed by atoms with Crippen LogP contribution in [0.4, 0.5) is 0 Å². The SMILES string of the molecule is Cc1cc(=O)oc2cc(OCC(=O)N3CCOC(COc4cncc(Cl)c4)C3)ccc12. The van der Waals surface area contributed by atoms with Crippen LogP contribution in [0.3, 0.4) is 0 Å². The van der Waals surface area contributed by atoms with Gasteiger partial charge in [0.1, 0.15) is 29.8 Å². The first kappa shape index (κ1) is 21.1. The third-order valence-corrected chi connectivity index (χ3v) is 5.10. The van der Waals surface area contributed by atoms with Gasteiger partial charge >= 0.3 is 5.63 Å². The van der Waals surface area contributed by atoms with Gasteiger partial charge in [-0.05, 0) is 24.6 Å². The average Bonchev–Trinajstić information content (AvgIpc) is 2.76. The van der Waals surface area contributed by atoms with Crippen molar-refractivity contribution in [1.29, 1.82) is 0 Å². The largest absolute Gasteiger partial charge is 0.489 e. The van der Waals surface area contributed by atoms with Crippen LogP contribution in [0.25, 0.3) is 11.0 Å². The molecular weight excluding hydrogens is 424 g/mol. The number of aryl methyl sites for hydroxylation is 1. The van der Waals surface area contributed by atoms with E-state index < -0.39 is 5.63 Å². The van der Waals surface area contributed by atoms with Crippen molar-refractivity contribution in [3.63, 3.8) is 0 Å². The Bertz CT molecular complexity index is 1150. The highest BCUT2D eigenvalue weighted by Crippen LogP contribution is 2.22. The lowest BCUT2D eigenvalue weighted by atomic mass is 10.1. The Morgan fingerprint density at radius 3 is 2.94 bits per heavy atom. The van der Waals surface area contributed by atoms with Crippen molar-refractivity contribution in [1.82, 2.24) is 9.88 Å². The maximum atomic E-state index is 12.6. The van der Waals surface area contributed by atoms with Crippen LogP contribution in [0.2, 0.25) is 5.02 Å². The van der Waals surface area contributed by atoms with Crippen LogP contribution in [0.15, 0.2) is 51.9 Å². The molecule has 31 heavy (non-hydrogen) atoms. The summed E-state index contributed by atoms with van der Waals surface area (Å²) in [6.07, 6.45) is 2.82. The first-order valence-corrected chi connectivity index (χ1v) is 10.2. The standard InChI is InChI=1S/C22H21ClN2O6/c1-14-6-22(27)31-20-8-16(2-3-19(14)20)30-13-21(26)25-4-5-28-18(11-25)12-29-17-7-15(23)9-24-10-17/h2-3,6-10,18H,4-5,11-13H2,1H3. The smallest absolute Gasteiger partial charge is 0.336 e. The molecule has 0 saturated carbocycles. The summed E-state index contributed by atoms with van der Waals surface area (Å²) in [4.78, 5) is 29.8. The average molecular weight is 445 g/mol. The Hall–Kier alpha value is -3.10. The number of carbonyl (C=O) groups excluding carboxylic acids is 1. The van der Waals surface area contributed by atoms with Crippen LogP contribution in [0.1, 0.15) is 5.56 Å². The molecule has 0 bridgehead atoms. The fourth-order valence-electron chi connectivity index (χ4n) is 3.34. The van der Waals surface area contributed by atoms with Crippen molar-refractivity contribution >= 4 is 28.5 Å². The highest BCUT2D eigenvalue weighted by molar-refractivity contribution is 6.30. The van der Waals surface area contributed by atoms with E-state index >= 15 is 0 Å². The molecular formula is C22H21ClN2O6. The monoisotopic (exact) mass is 444 g/mol. The molecule has 162 valence electrons. The molecule has 1 saturated heterocycles. The number of carbonyl (C=O) groups is 1. The van der Waals surface area contributed by atoms with E-state index in [0.29, 0.717) is 41.8 Å². The molecule has 0 radical (unpaired) electrons. The van der Waals surface area contributed by atoms with Crippen molar-refractivity contribution in [2.45, 2.75) is 13.0 Å². The lowest BCUT2D eigenvalue weighted by Gasteiger charge is -2.32. The lowest BCUT2D eigenvalue weighted by molar-refractivity contribution is -0.142. The second kappa shape index (κ2) is 9.36. The van der Waals surface area contributed by atoms with Gasteiger partial charge in [0, 0.05) is 36.3 Å². The van der Waals surface area contributed by atoms with Gasteiger partial charge in [0.05, 0.1) is 24.4 Å². The summed E-state index contributed by atoms with van der Waals surface area (Å²) in [5.74, 6) is 0.834. The summed E-state index contributed by atoms with van der Waals surface area (Å²) < 4.78 is 22.2. The fourth-order valence-corrected chi connectivity index (χ4v) is 3.50. The molecule has 0 N–H and O–H groups in total. The van der Waals surface area contributed by atoms with Crippen LogP contribution in [-0.2, 0) is 9.53 Å². The second-order valence-electron chi connectivity index (χ2n) is 7.18. The number of benzene rings is 1. The number of amides is 1. The van der Waals surface area contributed by atoms with Crippen LogP contribution in [0.5, 0.6) is 11.5 Å². The fraction of sp³-hybridized carbons (Fsp3) is 0.318. The molecule has 9 heteroatoms. The predicted octanol–water partition coefficient (Wildman–Crippen LogP) is 2.84. The van der Waals surface area contributed by atoms with Gasteiger partial charge in [-0.3, -0.25) is 9.78 Å². The Kier molecular flexibility index (Phi) is 6.39. The molecule has 0 spiro atoms. The molecule has 8 nitrogen and oxygen atoms in total. The van der Waals surface area contributed by atoms with E-state index in [1.54, 1.807) is 35.4 Å². The van der Waals surface area contributed by atoms with Gasteiger partial charge in [0.15, 0.2) is 6.61 Å². The number of hydrogen-bond acceptors (Lipinski definition) is 7. The summed E-state index contributed by atoms with van der Waals surface area (Å²) in [5.41, 5.74) is 0.825. The molecule has 3 heterocycles. The summed E-state index contributed by atoms with van der Waals surface area (Å²) >= 11 is 5.90. The minimum Gasteiger partial charge on any atom is -0.489 e. The number of fused-ring (bicyclic) bond motifs is 1. The van der Waals surface area contributed by atoms with Gasteiger partial charge in [-0.25, -0.2) is 4.79 Å². The van der Waals surface area contributed by atoms with Gasteiger partial charge in [0.2, 0.25) is 0 Å². The highest BCUT2D eigenvalue weighted by atomic mass is 35.5. The molecule has 1 unspecified atom stereocenters. The van der Waals surface area contributed by atoms with Crippen LogP contribution in [0, 0.1) is 6.92 Å². The van der Waals surface area contributed by atoms with Crippen molar-refractivity contribution < 1.29 is 23.4 Å². The number of nitrogens with zero attached hydrogens (tertiary/aromatic N) is 2. The Labute approximate surface area is 183 Å². The van der Waals surface area contributed by atoms with Crippen LogP contribution < -0.4 is 15.1 Å². The van der Waals surface area contributed by atoms with E-state index in [1.165, 1.54) is 12.3 Å². The van der Waals surface area contributed by atoms with Crippen LogP contribution >= 0.6 is 11.6 Å². The molecule has 2 aromatic heterocycles. The zero-order chi connectivity index (χ0) is 21.8. The summed E-state index contributed by atoms with van der Waals surface area (Å²) in [7, 11) is 0. The van der Waals surface area contributed by atoms with E-state index in [4.69, 9.17) is 30.2 Å². The van der Waals surface area contributed by atoms with Crippen molar-refractivity contribution in [2.24, 2.45) is 0 Å². The third kappa shape index (κ3) is 5.34. The van der Waals surface area contributed by atoms with Gasteiger partial charge in [0.25, 0.3) is 5.91 Å². The second-order valence-corrected chi connectivity index (χ2v) is 7.61. The van der Waals surface area contributed by atoms with Gasteiger partial charge in [-0.1, -0.05) is 11.6 Å². The first-order chi connectivity index (χ1) is 15.0. The van der Waals surface area contributed by atoms with Gasteiger partial charge in [-0.15, -0.1) is 0 Å². The Morgan fingerprint density at radius 1 is 1.23 bits per heavy atom. The molecule has 1 fully saturated rings. The number of rotatable bonds is 6. The zero-order valence-corrected chi connectivity index (χ0v) is 17.6. The van der Waals surface area contributed by atoms with Crippen molar-refractivity contribution in [3.8, 4) is 11.5 Å². The van der Waals surface area contributed by atoms with Crippen molar-refractivity contribution in [3.05, 3.63) is 63.7 Å². The maximum absolute atomic E-state index is 12.6. The van der Waals surface area contributed by atoms with Gasteiger partial charge < -0.3 is 23.5 Å². The molecule has 1 atom stereocenters. The molecule has 1 aliphatic rings. The van der Waals surface area contributed by atoms with E-state index in [2.05, 4.69) is 4.98 Å². The Balaban J connectivity index is 1.32. The van der Waals surface area contributed by atoms with E-state index in [9.17, 15) is 9.59 Å². The number of morpholine rings is 1. The molecule has 1 aromatic carbocycles. The molecule has 0 aliphatic carbocycles. The highest BCUT2D eigenvalue weighted by Gasteiger charge is 2.25. The predicted molar refractivity (Wildman–Crippen MR) is 114 cm³/mol. The number of halogens is 1. The zero-order valence-electron chi connectivity index (χ0n) is 16.9. The molecule has 3 aromatic rings. The van der Waals surface area contributed by atoms with E-state index in [0.717, 1.165) is 10.9 Å². The quantitative estimate of drug-likeness (QED) is 0.540. The topological polar surface area (TPSA) is 91.1 Å². The van der Waals surface area contributed by atoms with E-state index in [1.807, 2.05) is 6.92 Å². The van der Waals surface area contributed by atoms with E-state index in [-0.39, 0.29) is 25.2 Å². The minimum atomic E-state index is -0.423. The number of hydrogen-bond donors (Lipinski definition) is 0. The number of ether oxygens (including phenoxy) is 3. The first-order valence-electron chi connectivity index (χ1n) is 9.78. The normalized spacial score (nSPS) is 16.3. The number of pyridine rings is 1. The molecule has 1 amide bonds. The summed E-state index contributed by atoms with van der Waals surface area (Å²) in [6, 6.07) is 8.28. The van der Waals surface area contributed by atoms with Crippen molar-refractivity contribution in [2.75, 3.05) is 32.9 Å². The molecule has 4 rings (SSSR count). The third-order valence-electron chi connectivity index (χ3n) is 4.89. The van der Waals surface area contributed by atoms with Crippen LogP contribution in [-0.4, -0.2) is 54.8 Å². The minimum absolute atomic E-state index is 0.132. The summed E-state index contributed by atoms with van der Waals surface area (Å²) in [6.45, 7) is 3.26. The molecule has 1 aliphatic heterocycles. The maximum Gasteiger partial charge on any atom is 0.336 e. The van der Waals surface area contributed by atoms with Gasteiger partial charge in [-0.2, -0.15) is 0 Å². The summed E-state index contributed by atoms with van der Waals surface area (Å²) in [5, 5.41) is 1.31. The number of aromatic nitrogens is 1. The lowest BCUT2D eigenvalue weighted by Crippen LogP contribution is -2.49.